The average Bonchev–Trinajstić information content (AvgIpc) is 3.61. The predicted octanol–water partition coefficient (Wildman–Crippen LogP) is 5.65. The van der Waals surface area contributed by atoms with Crippen LogP contribution in [0.4, 0.5) is 9.39 Å². The Morgan fingerprint density at radius 1 is 1.23 bits per heavy atom. The van der Waals surface area contributed by atoms with Crippen molar-refractivity contribution >= 4 is 57.5 Å². The van der Waals surface area contributed by atoms with Crippen molar-refractivity contribution in [1.82, 2.24) is 20.1 Å². The number of nitrogens with zero attached hydrogens (tertiary/aromatic N) is 3. The number of thioether (sulfide) groups is 1. The van der Waals surface area contributed by atoms with Crippen LogP contribution in [0, 0.1) is 5.82 Å². The SMILES string of the molecule is CCCCn1c(CNC(=O)c2c(F)cccc2Cl)nnc1S[C@H](C)C(=O)Nc1sc2c(c1C(=O)OCC)CCC2. The number of halogens is 2. The van der Waals surface area contributed by atoms with Crippen LogP contribution in [0.1, 0.15) is 77.0 Å². The number of esters is 1. The number of hydrogen-bond acceptors (Lipinski definition) is 8. The third-order valence-electron chi connectivity index (χ3n) is 6.41. The number of aromatic nitrogens is 3. The van der Waals surface area contributed by atoms with Gasteiger partial charge in [0.05, 0.1) is 34.6 Å². The van der Waals surface area contributed by atoms with Gasteiger partial charge in [-0.25, -0.2) is 9.18 Å². The summed E-state index contributed by atoms with van der Waals surface area (Å²) < 4.78 is 21.3. The Kier molecular flexibility index (Phi) is 10.2. The van der Waals surface area contributed by atoms with Crippen LogP contribution in [-0.2, 0) is 35.5 Å². The maximum Gasteiger partial charge on any atom is 0.341 e. The third kappa shape index (κ3) is 6.67. The van der Waals surface area contributed by atoms with Crippen molar-refractivity contribution in [1.29, 1.82) is 0 Å². The van der Waals surface area contributed by atoms with E-state index in [0.29, 0.717) is 28.1 Å². The quantitative estimate of drug-likeness (QED) is 0.202. The van der Waals surface area contributed by atoms with Crippen molar-refractivity contribution in [2.45, 2.75) is 76.4 Å². The van der Waals surface area contributed by atoms with Crippen LogP contribution in [0.15, 0.2) is 23.4 Å². The summed E-state index contributed by atoms with van der Waals surface area (Å²) in [7, 11) is 0. The highest BCUT2D eigenvalue weighted by Crippen LogP contribution is 2.40. The van der Waals surface area contributed by atoms with Crippen LogP contribution in [0.5, 0.6) is 0 Å². The summed E-state index contributed by atoms with van der Waals surface area (Å²) in [6.07, 6.45) is 4.40. The number of anilines is 1. The highest BCUT2D eigenvalue weighted by atomic mass is 35.5. The first-order valence-corrected chi connectivity index (χ1v) is 15.3. The highest BCUT2D eigenvalue weighted by molar-refractivity contribution is 8.00. The number of rotatable bonds is 12. The van der Waals surface area contributed by atoms with E-state index >= 15 is 0 Å². The number of thiophene rings is 1. The second kappa shape index (κ2) is 13.6. The lowest BCUT2D eigenvalue weighted by atomic mass is 10.1. The van der Waals surface area contributed by atoms with Crippen LogP contribution >= 0.6 is 34.7 Å². The van der Waals surface area contributed by atoms with E-state index in [2.05, 4.69) is 20.8 Å². The molecule has 2 N–H and O–H groups in total. The molecule has 0 spiro atoms. The van der Waals surface area contributed by atoms with Gasteiger partial charge >= 0.3 is 5.97 Å². The largest absolute Gasteiger partial charge is 0.462 e. The average molecular weight is 608 g/mol. The van der Waals surface area contributed by atoms with E-state index < -0.39 is 22.9 Å². The molecule has 1 aliphatic rings. The van der Waals surface area contributed by atoms with Gasteiger partial charge in [-0.15, -0.1) is 21.5 Å². The maximum atomic E-state index is 14.2. The topological polar surface area (TPSA) is 115 Å². The zero-order chi connectivity index (χ0) is 28.8. The molecule has 1 aromatic carbocycles. The van der Waals surface area contributed by atoms with Crippen molar-refractivity contribution in [3.05, 3.63) is 56.4 Å². The number of nitrogens with one attached hydrogen (secondary N) is 2. The Morgan fingerprint density at radius 3 is 2.75 bits per heavy atom. The number of benzene rings is 1. The number of hydrogen-bond donors (Lipinski definition) is 2. The number of fused-ring (bicyclic) bond motifs is 1. The van der Waals surface area contributed by atoms with Gasteiger partial charge in [-0.2, -0.15) is 0 Å². The number of carbonyl (C=O) groups excluding carboxylic acids is 3. The number of amides is 2. The summed E-state index contributed by atoms with van der Waals surface area (Å²) in [4.78, 5) is 39.6. The van der Waals surface area contributed by atoms with Crippen LogP contribution in [0.3, 0.4) is 0 Å². The van der Waals surface area contributed by atoms with Gasteiger partial charge in [0.15, 0.2) is 11.0 Å². The van der Waals surface area contributed by atoms with E-state index in [0.717, 1.165) is 42.5 Å². The first kappa shape index (κ1) is 30.0. The van der Waals surface area contributed by atoms with Gasteiger partial charge in [0.2, 0.25) is 5.91 Å². The van der Waals surface area contributed by atoms with Gasteiger partial charge in [-0.05, 0) is 57.2 Å². The summed E-state index contributed by atoms with van der Waals surface area (Å²) in [5, 5.41) is 14.6. The van der Waals surface area contributed by atoms with E-state index in [-0.39, 0.29) is 29.6 Å². The molecular weight excluding hydrogens is 577 g/mol. The smallest absolute Gasteiger partial charge is 0.341 e. The molecule has 4 rings (SSSR count). The maximum absolute atomic E-state index is 14.2. The second-order valence-electron chi connectivity index (χ2n) is 9.21. The van der Waals surface area contributed by atoms with Gasteiger partial charge < -0.3 is 19.9 Å². The minimum atomic E-state index is -0.712. The molecule has 0 bridgehead atoms. The van der Waals surface area contributed by atoms with Crippen molar-refractivity contribution < 1.29 is 23.5 Å². The minimum Gasteiger partial charge on any atom is -0.462 e. The molecule has 2 aromatic heterocycles. The van der Waals surface area contributed by atoms with E-state index in [1.54, 1.807) is 13.8 Å². The molecule has 1 aliphatic carbocycles. The zero-order valence-electron chi connectivity index (χ0n) is 22.5. The van der Waals surface area contributed by atoms with E-state index in [4.69, 9.17) is 16.3 Å². The highest BCUT2D eigenvalue weighted by Gasteiger charge is 2.30. The molecule has 214 valence electrons. The van der Waals surface area contributed by atoms with Gasteiger partial charge in [-0.3, -0.25) is 9.59 Å². The molecule has 0 unspecified atom stereocenters. The Morgan fingerprint density at radius 2 is 2.02 bits per heavy atom. The van der Waals surface area contributed by atoms with E-state index in [9.17, 15) is 18.8 Å². The van der Waals surface area contributed by atoms with E-state index in [1.165, 1.54) is 41.3 Å². The summed E-state index contributed by atoms with van der Waals surface area (Å²) >= 11 is 8.68. The van der Waals surface area contributed by atoms with Gasteiger partial charge in [0.25, 0.3) is 5.91 Å². The summed E-state index contributed by atoms with van der Waals surface area (Å²) in [5.74, 6) is -1.58. The van der Waals surface area contributed by atoms with Crippen LogP contribution < -0.4 is 10.6 Å². The molecule has 2 amide bonds. The van der Waals surface area contributed by atoms with Crippen LogP contribution in [-0.4, -0.2) is 44.4 Å². The number of unbranched alkanes of at least 4 members (excludes halogenated alkanes) is 1. The number of ether oxygens (including phenoxy) is 1. The molecule has 2 heterocycles. The monoisotopic (exact) mass is 607 g/mol. The number of carbonyl (C=O) groups is 3. The van der Waals surface area contributed by atoms with Crippen LogP contribution in [0.2, 0.25) is 5.02 Å². The Bertz CT molecular complexity index is 1390. The minimum absolute atomic E-state index is 0.00496. The summed E-state index contributed by atoms with van der Waals surface area (Å²) in [6.45, 7) is 6.40. The Labute approximate surface area is 245 Å². The number of aryl methyl sites for hydroxylation is 1. The van der Waals surface area contributed by atoms with E-state index in [1.807, 2.05) is 11.5 Å². The molecule has 0 saturated heterocycles. The fourth-order valence-electron chi connectivity index (χ4n) is 4.38. The van der Waals surface area contributed by atoms with Crippen molar-refractivity contribution in [3.63, 3.8) is 0 Å². The molecule has 0 saturated carbocycles. The lowest BCUT2D eigenvalue weighted by Gasteiger charge is -2.14. The molecule has 3 aromatic rings. The second-order valence-corrected chi connectivity index (χ2v) is 12.0. The van der Waals surface area contributed by atoms with Crippen LogP contribution in [0.25, 0.3) is 0 Å². The summed E-state index contributed by atoms with van der Waals surface area (Å²) in [6, 6.07) is 4.05. The van der Waals surface area contributed by atoms with Gasteiger partial charge in [0, 0.05) is 11.4 Å². The normalized spacial score (nSPS) is 13.1. The molecule has 0 fully saturated rings. The van der Waals surface area contributed by atoms with Gasteiger partial charge in [0.1, 0.15) is 10.8 Å². The lowest BCUT2D eigenvalue weighted by molar-refractivity contribution is -0.115. The van der Waals surface area contributed by atoms with Crippen molar-refractivity contribution in [2.24, 2.45) is 0 Å². The first-order chi connectivity index (χ1) is 19.2. The lowest BCUT2D eigenvalue weighted by Crippen LogP contribution is -2.26. The molecule has 0 aliphatic heterocycles. The fraction of sp³-hybridized carbons (Fsp3) is 0.444. The molecular formula is C27H31ClFN5O4S2. The predicted molar refractivity (Wildman–Crippen MR) is 154 cm³/mol. The molecule has 0 radical (unpaired) electrons. The van der Waals surface area contributed by atoms with Crippen molar-refractivity contribution in [3.8, 4) is 0 Å². The first-order valence-electron chi connectivity index (χ1n) is 13.2. The molecule has 1 atom stereocenters. The molecule has 13 heteroatoms. The zero-order valence-corrected chi connectivity index (χ0v) is 24.9. The summed E-state index contributed by atoms with van der Waals surface area (Å²) in [5.41, 5.74) is 1.20. The Hall–Kier alpha value is -2.96. The standard InChI is InChI=1S/C27H31ClFN5O4S2/c1-4-6-13-34-20(14-30-24(36)22-17(28)10-8-11-18(22)29)32-33-27(34)39-15(3)23(35)31-25-21(26(37)38-5-2)16-9-7-12-19(16)40-25/h8,10-11,15H,4-7,9,12-14H2,1-3H3,(H,30,36)(H,31,35)/t15-/m1/s1. The van der Waals surface area contributed by atoms with Gasteiger partial charge in [-0.1, -0.05) is 42.8 Å². The third-order valence-corrected chi connectivity index (χ3v) is 9.02. The molecule has 9 nitrogen and oxygen atoms in total. The van der Waals surface area contributed by atoms with Crippen molar-refractivity contribution in [2.75, 3.05) is 11.9 Å². The fourth-order valence-corrected chi connectivity index (χ4v) is 6.80. The Balaban J connectivity index is 1.47. The molecule has 40 heavy (non-hydrogen) atoms.